The molecule has 0 saturated carbocycles. The van der Waals surface area contributed by atoms with Gasteiger partial charge in [-0.25, -0.2) is 14.6 Å². The Morgan fingerprint density at radius 2 is 1.74 bits per heavy atom. The Morgan fingerprint density at radius 1 is 0.914 bits per heavy atom. The fraction of sp³-hybridized carbons (Fsp3) is 0.280. The molecule has 0 radical (unpaired) electrons. The molecule has 6 rings (SSSR count). The maximum Gasteiger partial charge on any atom is 0.245 e. The molecule has 2 aromatic heterocycles. The number of ether oxygens (including phenoxy) is 2. The van der Waals surface area contributed by atoms with Crippen LogP contribution < -0.4 is 19.7 Å². The van der Waals surface area contributed by atoms with Crippen LogP contribution in [-0.4, -0.2) is 69.1 Å². The van der Waals surface area contributed by atoms with Crippen molar-refractivity contribution in [2.45, 2.75) is 6.92 Å². The number of piperazine rings is 1. The lowest BCUT2D eigenvalue weighted by Crippen LogP contribution is -2.46. The lowest BCUT2D eigenvalue weighted by Gasteiger charge is -2.33. The zero-order valence-electron chi connectivity index (χ0n) is 19.5. The molecule has 0 atom stereocenters. The zero-order chi connectivity index (χ0) is 23.6. The maximum atomic E-state index is 5.48. The van der Waals surface area contributed by atoms with Gasteiger partial charge in [0.15, 0.2) is 11.5 Å². The highest BCUT2D eigenvalue weighted by Crippen LogP contribution is 2.35. The molecule has 10 nitrogen and oxygen atoms in total. The van der Waals surface area contributed by atoms with Gasteiger partial charge in [-0.2, -0.15) is 4.98 Å². The number of hydrogen-bond acceptors (Lipinski definition) is 9. The van der Waals surface area contributed by atoms with E-state index in [0.29, 0.717) is 5.95 Å². The largest absolute Gasteiger partial charge is 0.454 e. The third-order valence-electron chi connectivity index (χ3n) is 6.29. The van der Waals surface area contributed by atoms with Gasteiger partial charge < -0.3 is 24.6 Å². The summed E-state index contributed by atoms with van der Waals surface area (Å²) in [5, 5.41) is 7.96. The lowest BCUT2D eigenvalue weighted by atomic mass is 10.1. The van der Waals surface area contributed by atoms with Crippen LogP contribution in [0.1, 0.15) is 6.92 Å². The Bertz CT molecular complexity index is 1320. The molecule has 1 fully saturated rings. The molecule has 0 spiro atoms. The van der Waals surface area contributed by atoms with Gasteiger partial charge in [-0.05, 0) is 55.1 Å². The van der Waals surface area contributed by atoms with Crippen molar-refractivity contribution < 1.29 is 9.47 Å². The minimum Gasteiger partial charge on any atom is -0.454 e. The molecule has 2 aromatic carbocycles. The number of nitrogens with zero attached hydrogens (tertiary/aromatic N) is 7. The highest BCUT2D eigenvalue weighted by molar-refractivity contribution is 5.66. The van der Waals surface area contributed by atoms with E-state index in [2.05, 4.69) is 42.1 Å². The highest BCUT2D eigenvalue weighted by atomic mass is 16.7. The lowest BCUT2D eigenvalue weighted by molar-refractivity contribution is 0.174. The molecule has 2 aliphatic heterocycles. The molecule has 35 heavy (non-hydrogen) atoms. The third-order valence-corrected chi connectivity index (χ3v) is 6.29. The highest BCUT2D eigenvalue weighted by Gasteiger charge is 2.19. The molecule has 4 aromatic rings. The summed E-state index contributed by atoms with van der Waals surface area (Å²) in [4.78, 5) is 18.2. The normalized spacial score (nSPS) is 15.4. The van der Waals surface area contributed by atoms with Crippen LogP contribution in [0.5, 0.6) is 11.5 Å². The van der Waals surface area contributed by atoms with Crippen LogP contribution >= 0.6 is 0 Å². The van der Waals surface area contributed by atoms with Crippen LogP contribution in [0.25, 0.3) is 16.9 Å². The number of aromatic nitrogens is 5. The smallest absolute Gasteiger partial charge is 0.245 e. The Hall–Kier alpha value is -4.18. The van der Waals surface area contributed by atoms with Crippen molar-refractivity contribution in [3.8, 4) is 28.4 Å². The Labute approximate surface area is 203 Å². The molecule has 0 unspecified atom stereocenters. The van der Waals surface area contributed by atoms with Crippen molar-refractivity contribution in [3.63, 3.8) is 0 Å². The number of nitrogens with one attached hydrogen (secondary N) is 1. The van der Waals surface area contributed by atoms with Crippen molar-refractivity contribution in [3.05, 3.63) is 61.1 Å². The van der Waals surface area contributed by atoms with E-state index < -0.39 is 0 Å². The maximum absolute atomic E-state index is 5.48. The fourth-order valence-electron chi connectivity index (χ4n) is 4.25. The zero-order valence-corrected chi connectivity index (χ0v) is 19.5. The second kappa shape index (κ2) is 9.22. The number of anilines is 3. The molecular formula is C25H26N8O2. The fourth-order valence-corrected chi connectivity index (χ4v) is 4.25. The quantitative estimate of drug-likeness (QED) is 0.455. The van der Waals surface area contributed by atoms with Crippen molar-refractivity contribution in [2.24, 2.45) is 0 Å². The van der Waals surface area contributed by atoms with Gasteiger partial charge in [-0.15, -0.1) is 5.10 Å². The number of fused-ring (bicyclic) bond motifs is 1. The molecule has 2 aliphatic rings. The predicted molar refractivity (Wildman–Crippen MR) is 133 cm³/mol. The first-order valence-electron chi connectivity index (χ1n) is 11.7. The number of hydrogen-bond donors (Lipinski definition) is 1. The Morgan fingerprint density at radius 3 is 2.57 bits per heavy atom. The van der Waals surface area contributed by atoms with E-state index in [1.807, 2.05) is 53.2 Å². The second-order valence-corrected chi connectivity index (χ2v) is 8.42. The van der Waals surface area contributed by atoms with E-state index in [9.17, 15) is 0 Å². The molecule has 10 heteroatoms. The molecular weight excluding hydrogens is 444 g/mol. The van der Waals surface area contributed by atoms with Crippen LogP contribution in [0.15, 0.2) is 61.1 Å². The average molecular weight is 471 g/mol. The molecule has 0 amide bonds. The molecule has 0 aliphatic carbocycles. The van der Waals surface area contributed by atoms with Gasteiger partial charge in [0.25, 0.3) is 0 Å². The summed E-state index contributed by atoms with van der Waals surface area (Å²) in [7, 11) is 0. The summed E-state index contributed by atoms with van der Waals surface area (Å²) in [5.74, 6) is 2.77. The van der Waals surface area contributed by atoms with Crippen LogP contribution in [0, 0.1) is 0 Å². The first-order valence-corrected chi connectivity index (χ1v) is 11.7. The summed E-state index contributed by atoms with van der Waals surface area (Å²) in [6.45, 7) is 7.52. The van der Waals surface area contributed by atoms with Crippen molar-refractivity contribution >= 4 is 17.6 Å². The van der Waals surface area contributed by atoms with Gasteiger partial charge in [-0.3, -0.25) is 0 Å². The first-order chi connectivity index (χ1) is 17.2. The second-order valence-electron chi connectivity index (χ2n) is 8.42. The standard InChI is InChI=1S/C25H26N8O2/c1-2-31-11-13-32(14-12-31)25-27-16-33(30-25)20-6-4-19(5-7-20)28-24-26-10-9-21(29-24)18-3-8-22-23(15-18)35-17-34-22/h3-10,15-16H,2,11-14,17H2,1H3,(H,26,28,29). The minimum absolute atomic E-state index is 0.247. The van der Waals surface area contributed by atoms with Crippen LogP contribution in [0.2, 0.25) is 0 Å². The van der Waals surface area contributed by atoms with Gasteiger partial charge in [0.05, 0.1) is 11.4 Å². The average Bonchev–Trinajstić information content (AvgIpc) is 3.59. The van der Waals surface area contributed by atoms with E-state index in [4.69, 9.17) is 9.47 Å². The van der Waals surface area contributed by atoms with Gasteiger partial charge in [0.1, 0.15) is 6.33 Å². The Kier molecular flexibility index (Phi) is 5.63. The van der Waals surface area contributed by atoms with Gasteiger partial charge in [0, 0.05) is 43.6 Å². The molecule has 1 N–H and O–H groups in total. The van der Waals surface area contributed by atoms with Crippen LogP contribution in [0.3, 0.4) is 0 Å². The van der Waals surface area contributed by atoms with Crippen molar-refractivity contribution in [1.82, 2.24) is 29.6 Å². The molecule has 178 valence electrons. The summed E-state index contributed by atoms with van der Waals surface area (Å²) in [6.07, 6.45) is 3.50. The summed E-state index contributed by atoms with van der Waals surface area (Å²) >= 11 is 0. The number of benzene rings is 2. The molecule has 0 bridgehead atoms. The number of likely N-dealkylation sites (N-methyl/N-ethyl adjacent to an activating group) is 1. The van der Waals surface area contributed by atoms with E-state index in [1.54, 1.807) is 12.5 Å². The summed E-state index contributed by atoms with van der Waals surface area (Å²) in [6, 6.07) is 15.6. The molecule has 4 heterocycles. The van der Waals surface area contributed by atoms with Crippen molar-refractivity contribution in [2.75, 3.05) is 49.7 Å². The Balaban J connectivity index is 1.13. The molecule has 1 saturated heterocycles. The van der Waals surface area contributed by atoms with Gasteiger partial charge in [0.2, 0.25) is 18.7 Å². The van der Waals surface area contributed by atoms with E-state index >= 15 is 0 Å². The monoisotopic (exact) mass is 470 g/mol. The number of rotatable bonds is 6. The van der Waals surface area contributed by atoms with Gasteiger partial charge >= 0.3 is 0 Å². The summed E-state index contributed by atoms with van der Waals surface area (Å²) < 4.78 is 12.7. The van der Waals surface area contributed by atoms with Crippen molar-refractivity contribution in [1.29, 1.82) is 0 Å². The predicted octanol–water partition coefficient (Wildman–Crippen LogP) is 3.34. The van der Waals surface area contributed by atoms with E-state index in [1.165, 1.54) is 0 Å². The SMILES string of the molecule is CCN1CCN(c2ncn(-c3ccc(Nc4nccc(-c5ccc6c(c5)OCO6)n4)cc3)n2)CC1. The minimum atomic E-state index is 0.247. The third kappa shape index (κ3) is 4.47. The summed E-state index contributed by atoms with van der Waals surface area (Å²) in [5.41, 5.74) is 3.56. The van der Waals surface area contributed by atoms with E-state index in [0.717, 1.165) is 72.8 Å². The first kappa shape index (κ1) is 21.4. The van der Waals surface area contributed by atoms with Gasteiger partial charge in [-0.1, -0.05) is 6.92 Å². The topological polar surface area (TPSA) is 93.5 Å². The van der Waals surface area contributed by atoms with E-state index in [-0.39, 0.29) is 6.79 Å². The van der Waals surface area contributed by atoms with Crippen LogP contribution in [-0.2, 0) is 0 Å². The van der Waals surface area contributed by atoms with Crippen LogP contribution in [0.4, 0.5) is 17.6 Å².